The molecule has 166 valence electrons. The van der Waals surface area contributed by atoms with E-state index in [0.29, 0.717) is 24.6 Å². The van der Waals surface area contributed by atoms with Gasteiger partial charge in [0.2, 0.25) is 5.91 Å². The molecule has 3 heterocycles. The lowest BCUT2D eigenvalue weighted by Gasteiger charge is -2.37. The lowest BCUT2D eigenvalue weighted by molar-refractivity contribution is -0.123. The third-order valence-corrected chi connectivity index (χ3v) is 6.67. The first kappa shape index (κ1) is 21.5. The number of aryl methyl sites for hydroxylation is 1. The van der Waals surface area contributed by atoms with E-state index in [0.717, 1.165) is 44.5 Å². The number of piperidine rings is 1. The Morgan fingerprint density at radius 2 is 2.00 bits per heavy atom. The zero-order chi connectivity index (χ0) is 21.6. The minimum Gasteiger partial charge on any atom is -0.347 e. The number of carbonyl (C=O) groups excluding carboxylic acids is 2. The monoisotopic (exact) mass is 423 g/mol. The molecule has 31 heavy (non-hydrogen) atoms. The number of rotatable bonds is 7. The second-order valence-electron chi connectivity index (χ2n) is 8.86. The summed E-state index contributed by atoms with van der Waals surface area (Å²) in [5, 5.41) is 7.66. The van der Waals surface area contributed by atoms with E-state index in [4.69, 9.17) is 0 Å². The fourth-order valence-electron chi connectivity index (χ4n) is 4.98. The van der Waals surface area contributed by atoms with E-state index in [1.807, 2.05) is 36.2 Å². The summed E-state index contributed by atoms with van der Waals surface area (Å²) >= 11 is 0. The molecule has 2 unspecified atom stereocenters. The van der Waals surface area contributed by atoms with Crippen molar-refractivity contribution in [3.8, 4) is 0 Å². The summed E-state index contributed by atoms with van der Waals surface area (Å²) in [6.45, 7) is 4.07. The van der Waals surface area contributed by atoms with Crippen LogP contribution in [0.25, 0.3) is 0 Å². The number of likely N-dealkylation sites (tertiary alicyclic amines) is 1. The van der Waals surface area contributed by atoms with Crippen LogP contribution >= 0.6 is 0 Å². The number of carbonyl (C=O) groups is 2. The van der Waals surface area contributed by atoms with E-state index in [-0.39, 0.29) is 23.8 Å². The molecule has 2 fully saturated rings. The quantitative estimate of drug-likeness (QED) is 0.738. The molecule has 1 saturated carbocycles. The van der Waals surface area contributed by atoms with Crippen molar-refractivity contribution in [2.24, 2.45) is 11.8 Å². The van der Waals surface area contributed by atoms with Crippen molar-refractivity contribution in [3.63, 3.8) is 0 Å². The first-order chi connectivity index (χ1) is 15.1. The maximum atomic E-state index is 13.0. The minimum atomic E-state index is -0.182. The van der Waals surface area contributed by atoms with Gasteiger partial charge >= 0.3 is 0 Å². The summed E-state index contributed by atoms with van der Waals surface area (Å²) < 4.78 is 1.77. The summed E-state index contributed by atoms with van der Waals surface area (Å²) in [6, 6.07) is 7.43. The Bertz CT molecular complexity index is 875. The van der Waals surface area contributed by atoms with Gasteiger partial charge in [-0.25, -0.2) is 0 Å². The predicted molar refractivity (Wildman–Crippen MR) is 118 cm³/mol. The van der Waals surface area contributed by atoms with Gasteiger partial charge in [0.15, 0.2) is 0 Å². The van der Waals surface area contributed by atoms with Gasteiger partial charge in [0.25, 0.3) is 5.91 Å². The zero-order valence-electron chi connectivity index (χ0n) is 18.4. The van der Waals surface area contributed by atoms with Crippen LogP contribution in [0.4, 0.5) is 0 Å². The van der Waals surface area contributed by atoms with Crippen LogP contribution < -0.4 is 5.32 Å². The normalized spacial score (nSPS) is 20.5. The summed E-state index contributed by atoms with van der Waals surface area (Å²) in [7, 11) is 0. The van der Waals surface area contributed by atoms with Gasteiger partial charge < -0.3 is 10.2 Å². The van der Waals surface area contributed by atoms with E-state index in [9.17, 15) is 9.59 Å². The Morgan fingerprint density at radius 3 is 2.71 bits per heavy atom. The summed E-state index contributed by atoms with van der Waals surface area (Å²) in [6.07, 6.45) is 10.8. The standard InChI is InChI=1S/C24H33N5O2/c1-2-29-15-12-21(27-29)24(31)28-14-7-10-19(17-28)23(20-11-5-6-13-25-20)26-22(30)16-18-8-3-4-9-18/h5-6,11-13,15,18-19,23H,2-4,7-10,14,16-17H2,1H3,(H,26,30). The SMILES string of the molecule is CCn1ccc(C(=O)N2CCCC(C(NC(=O)CC3CCCC3)c3ccccn3)C2)n1. The van der Waals surface area contributed by atoms with Crippen LogP contribution in [0.5, 0.6) is 0 Å². The largest absolute Gasteiger partial charge is 0.347 e. The van der Waals surface area contributed by atoms with Gasteiger partial charge in [-0.05, 0) is 56.7 Å². The molecule has 2 aromatic heterocycles. The Labute approximate surface area is 184 Å². The van der Waals surface area contributed by atoms with Crippen LogP contribution in [0.1, 0.15) is 74.1 Å². The van der Waals surface area contributed by atoms with E-state index < -0.39 is 0 Å². The smallest absolute Gasteiger partial charge is 0.274 e. The molecule has 0 radical (unpaired) electrons. The van der Waals surface area contributed by atoms with Crippen molar-refractivity contribution in [2.45, 2.75) is 64.5 Å². The number of aromatic nitrogens is 3. The van der Waals surface area contributed by atoms with Crippen LogP contribution in [-0.2, 0) is 11.3 Å². The van der Waals surface area contributed by atoms with Gasteiger partial charge in [-0.15, -0.1) is 0 Å². The van der Waals surface area contributed by atoms with Crippen molar-refractivity contribution in [1.29, 1.82) is 0 Å². The lowest BCUT2D eigenvalue weighted by atomic mass is 9.88. The third-order valence-electron chi connectivity index (χ3n) is 6.67. The maximum Gasteiger partial charge on any atom is 0.274 e. The third kappa shape index (κ3) is 5.32. The number of hydrogen-bond acceptors (Lipinski definition) is 4. The molecule has 4 rings (SSSR count). The maximum absolute atomic E-state index is 13.0. The first-order valence-corrected chi connectivity index (χ1v) is 11.7. The Hall–Kier alpha value is -2.70. The number of nitrogens with one attached hydrogen (secondary N) is 1. The Morgan fingerprint density at radius 1 is 1.16 bits per heavy atom. The van der Waals surface area contributed by atoms with Gasteiger partial charge in [-0.3, -0.25) is 19.3 Å². The van der Waals surface area contributed by atoms with Crippen molar-refractivity contribution >= 4 is 11.8 Å². The van der Waals surface area contributed by atoms with Crippen molar-refractivity contribution in [2.75, 3.05) is 13.1 Å². The van der Waals surface area contributed by atoms with Crippen molar-refractivity contribution < 1.29 is 9.59 Å². The second-order valence-corrected chi connectivity index (χ2v) is 8.86. The highest BCUT2D eigenvalue weighted by Gasteiger charge is 2.33. The average Bonchev–Trinajstić information content (AvgIpc) is 3.50. The molecular weight excluding hydrogens is 390 g/mol. The van der Waals surface area contributed by atoms with Gasteiger partial charge in [0, 0.05) is 44.4 Å². The van der Waals surface area contributed by atoms with E-state index in [2.05, 4.69) is 15.4 Å². The molecule has 2 aliphatic rings. The number of pyridine rings is 1. The Balaban J connectivity index is 1.47. The highest BCUT2D eigenvalue weighted by Crippen LogP contribution is 2.31. The van der Waals surface area contributed by atoms with Crippen LogP contribution in [-0.4, -0.2) is 44.6 Å². The van der Waals surface area contributed by atoms with E-state index in [1.54, 1.807) is 16.9 Å². The molecule has 0 bridgehead atoms. The predicted octanol–water partition coefficient (Wildman–Crippen LogP) is 3.59. The van der Waals surface area contributed by atoms with Crippen LogP contribution in [0, 0.1) is 11.8 Å². The zero-order valence-corrected chi connectivity index (χ0v) is 18.4. The molecule has 1 N–H and O–H groups in total. The topological polar surface area (TPSA) is 80.1 Å². The lowest BCUT2D eigenvalue weighted by Crippen LogP contribution is -2.45. The Kier molecular flexibility index (Phi) is 6.99. The molecule has 2 aromatic rings. The molecule has 1 saturated heterocycles. The summed E-state index contributed by atoms with van der Waals surface area (Å²) in [4.78, 5) is 32.3. The summed E-state index contributed by atoms with van der Waals surface area (Å²) in [5.74, 6) is 0.706. The highest BCUT2D eigenvalue weighted by atomic mass is 16.2. The van der Waals surface area contributed by atoms with E-state index in [1.165, 1.54) is 12.8 Å². The fraction of sp³-hybridized carbons (Fsp3) is 0.583. The van der Waals surface area contributed by atoms with Gasteiger partial charge in [0.05, 0.1) is 11.7 Å². The number of hydrogen-bond donors (Lipinski definition) is 1. The minimum absolute atomic E-state index is 0.0334. The fourth-order valence-corrected chi connectivity index (χ4v) is 4.98. The molecule has 1 aliphatic carbocycles. The highest BCUT2D eigenvalue weighted by molar-refractivity contribution is 5.92. The number of amides is 2. The molecule has 1 aliphatic heterocycles. The second kappa shape index (κ2) is 10.1. The van der Waals surface area contributed by atoms with Crippen molar-refractivity contribution in [3.05, 3.63) is 48.0 Å². The van der Waals surface area contributed by atoms with Crippen molar-refractivity contribution in [1.82, 2.24) is 25.0 Å². The molecule has 2 atom stereocenters. The van der Waals surface area contributed by atoms with Crippen LogP contribution in [0.2, 0.25) is 0 Å². The molecular formula is C24H33N5O2. The van der Waals surface area contributed by atoms with E-state index >= 15 is 0 Å². The van der Waals surface area contributed by atoms with Gasteiger partial charge in [-0.1, -0.05) is 18.9 Å². The average molecular weight is 424 g/mol. The van der Waals surface area contributed by atoms with Gasteiger partial charge in [-0.2, -0.15) is 5.10 Å². The van der Waals surface area contributed by atoms with Crippen LogP contribution in [0.15, 0.2) is 36.7 Å². The molecule has 0 aromatic carbocycles. The number of nitrogens with zero attached hydrogens (tertiary/aromatic N) is 4. The summed E-state index contributed by atoms with van der Waals surface area (Å²) in [5.41, 5.74) is 1.36. The molecule has 7 nitrogen and oxygen atoms in total. The molecule has 7 heteroatoms. The van der Waals surface area contributed by atoms with Gasteiger partial charge in [0.1, 0.15) is 5.69 Å². The molecule has 0 spiro atoms. The van der Waals surface area contributed by atoms with Crippen LogP contribution in [0.3, 0.4) is 0 Å². The first-order valence-electron chi connectivity index (χ1n) is 11.7. The molecule has 2 amide bonds.